The van der Waals surface area contributed by atoms with Gasteiger partial charge in [0.05, 0.1) is 19.3 Å². The molecule has 1 N–H and O–H groups in total. The lowest BCUT2D eigenvalue weighted by molar-refractivity contribution is 0.0223. The van der Waals surface area contributed by atoms with Crippen LogP contribution in [0.25, 0.3) is 6.08 Å². The van der Waals surface area contributed by atoms with Gasteiger partial charge in [0.15, 0.2) is 0 Å². The summed E-state index contributed by atoms with van der Waals surface area (Å²) in [5, 5.41) is 10.0. The number of halogens is 1. The first kappa shape index (κ1) is 18.5. The van der Waals surface area contributed by atoms with E-state index in [-0.39, 0.29) is 19.0 Å². The number of benzene rings is 1. The minimum Gasteiger partial charge on any atom is -0.481 e. The van der Waals surface area contributed by atoms with E-state index < -0.39 is 6.10 Å². The van der Waals surface area contributed by atoms with E-state index in [1.165, 1.54) is 0 Å². The molecule has 4 nitrogen and oxygen atoms in total. The standard InChI is InChI=1S/C17H21NO3.ClH/c1-2-11-21-17-7-4-15(5-8-17)3-6-16(19)14-18-9-12-20-13-10-18;/h1,3-8,16,19H,9-14H2;1H/b6-3+;. The molecular formula is C17H22ClNO3. The normalized spacial score (nSPS) is 16.7. The molecular weight excluding hydrogens is 302 g/mol. The highest BCUT2D eigenvalue weighted by Gasteiger charge is 2.12. The number of ether oxygens (including phenoxy) is 2. The molecule has 1 aliphatic rings. The molecule has 1 saturated heterocycles. The van der Waals surface area contributed by atoms with Gasteiger partial charge in [0, 0.05) is 19.6 Å². The molecule has 1 atom stereocenters. The molecule has 1 aromatic carbocycles. The summed E-state index contributed by atoms with van der Waals surface area (Å²) in [4.78, 5) is 2.20. The lowest BCUT2D eigenvalue weighted by atomic mass is 10.1. The summed E-state index contributed by atoms with van der Waals surface area (Å²) in [6.45, 7) is 4.17. The van der Waals surface area contributed by atoms with Crippen molar-refractivity contribution in [2.24, 2.45) is 0 Å². The van der Waals surface area contributed by atoms with Gasteiger partial charge in [-0.05, 0) is 17.7 Å². The van der Waals surface area contributed by atoms with Crippen molar-refractivity contribution in [2.45, 2.75) is 6.10 Å². The molecule has 0 saturated carbocycles. The first-order valence-electron chi connectivity index (χ1n) is 7.10. The van der Waals surface area contributed by atoms with Crippen molar-refractivity contribution in [2.75, 3.05) is 39.5 Å². The van der Waals surface area contributed by atoms with Crippen LogP contribution in [0.15, 0.2) is 30.3 Å². The molecule has 1 aromatic rings. The fourth-order valence-corrected chi connectivity index (χ4v) is 2.13. The second-order valence-electron chi connectivity index (χ2n) is 4.90. The summed E-state index contributed by atoms with van der Waals surface area (Å²) < 4.78 is 10.6. The van der Waals surface area contributed by atoms with Crippen molar-refractivity contribution in [1.29, 1.82) is 0 Å². The third kappa shape index (κ3) is 6.50. The van der Waals surface area contributed by atoms with Crippen molar-refractivity contribution in [3.8, 4) is 18.1 Å². The largest absolute Gasteiger partial charge is 0.481 e. The van der Waals surface area contributed by atoms with Crippen LogP contribution < -0.4 is 4.74 Å². The minimum atomic E-state index is -0.472. The van der Waals surface area contributed by atoms with Crippen molar-refractivity contribution < 1.29 is 14.6 Å². The average molecular weight is 324 g/mol. The maximum Gasteiger partial charge on any atom is 0.148 e. The molecule has 22 heavy (non-hydrogen) atoms. The molecule has 0 amide bonds. The van der Waals surface area contributed by atoms with Crippen LogP contribution in [0.2, 0.25) is 0 Å². The van der Waals surface area contributed by atoms with E-state index in [1.54, 1.807) is 0 Å². The SMILES string of the molecule is C#CCOc1ccc(/C=C/C(O)CN2CCOCC2)cc1.Cl. The Hall–Kier alpha value is -1.51. The van der Waals surface area contributed by atoms with Crippen LogP contribution in [0.5, 0.6) is 5.75 Å². The smallest absolute Gasteiger partial charge is 0.148 e. The Kier molecular flexibility index (Phi) is 8.64. The maximum atomic E-state index is 10.0. The second kappa shape index (κ2) is 10.3. The maximum absolute atomic E-state index is 10.0. The molecule has 0 aliphatic carbocycles. The lowest BCUT2D eigenvalue weighted by Gasteiger charge is -2.27. The summed E-state index contributed by atoms with van der Waals surface area (Å²) in [5.74, 6) is 3.18. The highest BCUT2D eigenvalue weighted by atomic mass is 35.5. The van der Waals surface area contributed by atoms with E-state index in [0.717, 1.165) is 37.6 Å². The third-order valence-electron chi connectivity index (χ3n) is 3.26. The number of morpholine rings is 1. The highest BCUT2D eigenvalue weighted by Crippen LogP contribution is 2.13. The van der Waals surface area contributed by atoms with Gasteiger partial charge in [-0.15, -0.1) is 18.8 Å². The zero-order valence-corrected chi connectivity index (χ0v) is 13.3. The van der Waals surface area contributed by atoms with E-state index >= 15 is 0 Å². The summed E-state index contributed by atoms with van der Waals surface area (Å²) in [6.07, 6.45) is 8.39. The Morgan fingerprint density at radius 3 is 2.64 bits per heavy atom. The van der Waals surface area contributed by atoms with Crippen LogP contribution in [0, 0.1) is 12.3 Å². The molecule has 2 rings (SSSR count). The van der Waals surface area contributed by atoms with Crippen LogP contribution >= 0.6 is 12.4 Å². The number of β-amino-alcohol motifs (C(OH)–C–C–N with tert-alkyl or cyclic N) is 1. The Morgan fingerprint density at radius 1 is 1.32 bits per heavy atom. The second-order valence-corrected chi connectivity index (χ2v) is 4.90. The Labute approximate surface area is 138 Å². The number of aliphatic hydroxyl groups excluding tert-OH is 1. The minimum absolute atomic E-state index is 0. The number of hydrogen-bond donors (Lipinski definition) is 1. The van der Waals surface area contributed by atoms with E-state index in [4.69, 9.17) is 15.9 Å². The van der Waals surface area contributed by atoms with Crippen LogP contribution in [-0.4, -0.2) is 55.6 Å². The highest BCUT2D eigenvalue weighted by molar-refractivity contribution is 5.85. The number of nitrogens with zero attached hydrogens (tertiary/aromatic N) is 1. The zero-order valence-electron chi connectivity index (χ0n) is 12.5. The molecule has 1 unspecified atom stereocenters. The molecule has 1 heterocycles. The summed E-state index contributed by atoms with van der Waals surface area (Å²) >= 11 is 0. The predicted octanol–water partition coefficient (Wildman–Crippen LogP) is 1.83. The van der Waals surface area contributed by atoms with Gasteiger partial charge in [0.2, 0.25) is 0 Å². The topological polar surface area (TPSA) is 41.9 Å². The van der Waals surface area contributed by atoms with Gasteiger partial charge in [-0.25, -0.2) is 0 Å². The Bertz CT molecular complexity index is 490. The molecule has 0 radical (unpaired) electrons. The lowest BCUT2D eigenvalue weighted by Crippen LogP contribution is -2.40. The zero-order chi connectivity index (χ0) is 14.9. The van der Waals surface area contributed by atoms with Gasteiger partial charge in [0.1, 0.15) is 12.4 Å². The average Bonchev–Trinajstić information content (AvgIpc) is 2.53. The van der Waals surface area contributed by atoms with Crippen LogP contribution in [0.3, 0.4) is 0 Å². The number of hydrogen-bond acceptors (Lipinski definition) is 4. The van der Waals surface area contributed by atoms with E-state index in [0.29, 0.717) is 6.54 Å². The predicted molar refractivity (Wildman–Crippen MR) is 90.3 cm³/mol. The molecule has 0 aromatic heterocycles. The van der Waals surface area contributed by atoms with Crippen LogP contribution in [0.4, 0.5) is 0 Å². The summed E-state index contributed by atoms with van der Waals surface area (Å²) in [5.41, 5.74) is 1.02. The molecule has 120 valence electrons. The quantitative estimate of drug-likeness (QED) is 0.811. The first-order valence-corrected chi connectivity index (χ1v) is 7.10. The molecule has 5 heteroatoms. The molecule has 0 bridgehead atoms. The Balaban J connectivity index is 0.00000242. The van der Waals surface area contributed by atoms with E-state index in [9.17, 15) is 5.11 Å². The van der Waals surface area contributed by atoms with Crippen molar-refractivity contribution in [1.82, 2.24) is 4.90 Å². The Morgan fingerprint density at radius 2 is 2.00 bits per heavy atom. The van der Waals surface area contributed by atoms with Crippen molar-refractivity contribution in [3.05, 3.63) is 35.9 Å². The van der Waals surface area contributed by atoms with Crippen LogP contribution in [-0.2, 0) is 4.74 Å². The summed E-state index contributed by atoms with van der Waals surface area (Å²) in [6, 6.07) is 7.60. The number of aliphatic hydroxyl groups is 1. The van der Waals surface area contributed by atoms with Gasteiger partial charge >= 0.3 is 0 Å². The summed E-state index contributed by atoms with van der Waals surface area (Å²) in [7, 11) is 0. The van der Waals surface area contributed by atoms with Crippen molar-refractivity contribution >= 4 is 18.5 Å². The molecule has 1 aliphatic heterocycles. The van der Waals surface area contributed by atoms with Gasteiger partial charge in [0.25, 0.3) is 0 Å². The van der Waals surface area contributed by atoms with Gasteiger partial charge in [-0.2, -0.15) is 0 Å². The van der Waals surface area contributed by atoms with E-state index in [1.807, 2.05) is 36.4 Å². The van der Waals surface area contributed by atoms with E-state index in [2.05, 4.69) is 10.8 Å². The monoisotopic (exact) mass is 323 g/mol. The molecule has 0 spiro atoms. The molecule has 1 fully saturated rings. The first-order chi connectivity index (χ1) is 10.3. The fraction of sp³-hybridized carbons (Fsp3) is 0.412. The van der Waals surface area contributed by atoms with Gasteiger partial charge < -0.3 is 14.6 Å². The van der Waals surface area contributed by atoms with Gasteiger partial charge in [-0.3, -0.25) is 4.90 Å². The third-order valence-corrected chi connectivity index (χ3v) is 3.26. The fourth-order valence-electron chi connectivity index (χ4n) is 2.13. The van der Waals surface area contributed by atoms with Gasteiger partial charge in [-0.1, -0.05) is 30.2 Å². The van der Waals surface area contributed by atoms with Crippen LogP contribution in [0.1, 0.15) is 5.56 Å². The van der Waals surface area contributed by atoms with Crippen molar-refractivity contribution in [3.63, 3.8) is 0 Å². The number of terminal acetylenes is 1. The number of rotatable bonds is 6.